The molecule has 3 heteroatoms. The normalized spacial score (nSPS) is 10.2. The minimum Gasteiger partial charge on any atom is -0.381 e. The van der Waals surface area contributed by atoms with Crippen LogP contribution < -0.4 is 10.6 Å². The molecular formula is C17H20N2O. The molecule has 0 atom stereocenters. The van der Waals surface area contributed by atoms with Gasteiger partial charge in [-0.3, -0.25) is 4.79 Å². The van der Waals surface area contributed by atoms with Gasteiger partial charge in [0.15, 0.2) is 0 Å². The molecule has 0 spiro atoms. The summed E-state index contributed by atoms with van der Waals surface area (Å²) < 4.78 is 0. The van der Waals surface area contributed by atoms with E-state index in [-0.39, 0.29) is 5.91 Å². The van der Waals surface area contributed by atoms with Crippen LogP contribution in [0.4, 0.5) is 5.69 Å². The van der Waals surface area contributed by atoms with Gasteiger partial charge in [-0.25, -0.2) is 0 Å². The average Bonchev–Trinajstić information content (AvgIpc) is 2.46. The van der Waals surface area contributed by atoms with Crippen molar-refractivity contribution in [2.45, 2.75) is 20.4 Å². The highest BCUT2D eigenvalue weighted by Gasteiger charge is 2.06. The van der Waals surface area contributed by atoms with Crippen LogP contribution in [0.25, 0.3) is 0 Å². The summed E-state index contributed by atoms with van der Waals surface area (Å²) in [5, 5.41) is 6.06. The zero-order valence-electron chi connectivity index (χ0n) is 12.2. The van der Waals surface area contributed by atoms with E-state index in [0.29, 0.717) is 5.56 Å². The summed E-state index contributed by atoms with van der Waals surface area (Å²) in [5.74, 6) is -0.0569. The molecule has 0 heterocycles. The first kappa shape index (κ1) is 14.1. The van der Waals surface area contributed by atoms with Gasteiger partial charge in [0.1, 0.15) is 0 Å². The lowest BCUT2D eigenvalue weighted by Crippen LogP contribution is -2.17. The van der Waals surface area contributed by atoms with Gasteiger partial charge in [0.25, 0.3) is 5.91 Å². The van der Waals surface area contributed by atoms with Gasteiger partial charge in [-0.2, -0.15) is 0 Å². The third-order valence-corrected chi connectivity index (χ3v) is 3.45. The van der Waals surface area contributed by atoms with E-state index in [1.165, 1.54) is 11.1 Å². The second kappa shape index (κ2) is 6.24. The number of carbonyl (C=O) groups excluding carboxylic acids is 1. The molecule has 1 amide bonds. The Morgan fingerprint density at radius 2 is 1.80 bits per heavy atom. The minimum absolute atomic E-state index is 0.0569. The maximum Gasteiger partial charge on any atom is 0.251 e. The highest BCUT2D eigenvalue weighted by Crippen LogP contribution is 2.18. The smallest absolute Gasteiger partial charge is 0.251 e. The third kappa shape index (κ3) is 3.18. The summed E-state index contributed by atoms with van der Waals surface area (Å²) in [6.07, 6.45) is 0. The van der Waals surface area contributed by atoms with Gasteiger partial charge in [-0.1, -0.05) is 24.3 Å². The molecule has 0 unspecified atom stereocenters. The molecule has 0 radical (unpaired) electrons. The molecular weight excluding hydrogens is 248 g/mol. The summed E-state index contributed by atoms with van der Waals surface area (Å²) in [7, 11) is 1.64. The summed E-state index contributed by atoms with van der Waals surface area (Å²) in [5.41, 5.74) is 5.37. The lowest BCUT2D eigenvalue weighted by molar-refractivity contribution is 0.0963. The number of amides is 1. The number of benzene rings is 2. The van der Waals surface area contributed by atoms with Gasteiger partial charge >= 0.3 is 0 Å². The van der Waals surface area contributed by atoms with Crippen LogP contribution in [-0.4, -0.2) is 13.0 Å². The number of carbonyl (C=O) groups is 1. The Balaban J connectivity index is 2.11. The Hall–Kier alpha value is -2.29. The Morgan fingerprint density at radius 3 is 2.45 bits per heavy atom. The van der Waals surface area contributed by atoms with Crippen LogP contribution in [0.15, 0.2) is 42.5 Å². The fourth-order valence-electron chi connectivity index (χ4n) is 2.15. The van der Waals surface area contributed by atoms with E-state index in [9.17, 15) is 4.79 Å². The summed E-state index contributed by atoms with van der Waals surface area (Å²) in [4.78, 5) is 11.6. The molecule has 2 aromatic rings. The largest absolute Gasteiger partial charge is 0.381 e. The highest BCUT2D eigenvalue weighted by atomic mass is 16.1. The molecule has 0 aromatic heterocycles. The van der Waals surface area contributed by atoms with Crippen molar-refractivity contribution in [1.29, 1.82) is 0 Å². The van der Waals surface area contributed by atoms with Gasteiger partial charge in [0.2, 0.25) is 0 Å². The van der Waals surface area contributed by atoms with Crippen LogP contribution in [0.3, 0.4) is 0 Å². The van der Waals surface area contributed by atoms with Crippen LogP contribution in [0.1, 0.15) is 27.0 Å². The number of hydrogen-bond acceptors (Lipinski definition) is 2. The van der Waals surface area contributed by atoms with Crippen molar-refractivity contribution in [3.05, 3.63) is 64.7 Å². The quantitative estimate of drug-likeness (QED) is 0.893. The van der Waals surface area contributed by atoms with Crippen molar-refractivity contribution in [3.63, 3.8) is 0 Å². The monoisotopic (exact) mass is 268 g/mol. The van der Waals surface area contributed by atoms with Gasteiger partial charge in [0, 0.05) is 24.8 Å². The molecule has 104 valence electrons. The van der Waals surface area contributed by atoms with Crippen LogP contribution >= 0.6 is 0 Å². The first-order valence-corrected chi connectivity index (χ1v) is 6.73. The molecule has 20 heavy (non-hydrogen) atoms. The fourth-order valence-corrected chi connectivity index (χ4v) is 2.15. The average molecular weight is 268 g/mol. The summed E-state index contributed by atoms with van der Waals surface area (Å²) >= 11 is 0. The van der Waals surface area contributed by atoms with Crippen molar-refractivity contribution in [2.24, 2.45) is 0 Å². The van der Waals surface area contributed by atoms with Crippen molar-refractivity contribution >= 4 is 11.6 Å². The molecule has 2 rings (SSSR count). The molecule has 0 saturated carbocycles. The Morgan fingerprint density at radius 1 is 1.05 bits per heavy atom. The molecule has 2 aromatic carbocycles. The van der Waals surface area contributed by atoms with E-state index in [0.717, 1.165) is 17.8 Å². The first-order chi connectivity index (χ1) is 9.61. The van der Waals surface area contributed by atoms with Crippen molar-refractivity contribution in [3.8, 4) is 0 Å². The zero-order chi connectivity index (χ0) is 14.5. The number of anilines is 1. The molecule has 3 nitrogen and oxygen atoms in total. The third-order valence-electron chi connectivity index (χ3n) is 3.45. The van der Waals surface area contributed by atoms with Gasteiger partial charge in [-0.05, 0) is 48.7 Å². The Kier molecular flexibility index (Phi) is 4.41. The maximum absolute atomic E-state index is 11.6. The molecule has 2 N–H and O–H groups in total. The standard InChI is InChI=1S/C17H20N2O/c1-12-6-4-5-7-15(12)11-19-16-9-8-14(10-13(16)2)17(20)18-3/h4-10,19H,11H2,1-3H3,(H,18,20). The van der Waals surface area contributed by atoms with Gasteiger partial charge in [-0.15, -0.1) is 0 Å². The fraction of sp³-hybridized carbons (Fsp3) is 0.235. The second-order valence-corrected chi connectivity index (χ2v) is 4.89. The number of aryl methyl sites for hydroxylation is 2. The van der Waals surface area contributed by atoms with E-state index in [1.807, 2.05) is 37.3 Å². The minimum atomic E-state index is -0.0569. The SMILES string of the molecule is CNC(=O)c1ccc(NCc2ccccc2C)c(C)c1. The lowest BCUT2D eigenvalue weighted by atomic mass is 10.1. The van der Waals surface area contributed by atoms with Crippen LogP contribution in [-0.2, 0) is 6.54 Å². The van der Waals surface area contributed by atoms with E-state index >= 15 is 0 Å². The number of rotatable bonds is 4. The molecule has 0 fully saturated rings. The van der Waals surface area contributed by atoms with E-state index in [2.05, 4.69) is 29.7 Å². The predicted octanol–water partition coefficient (Wildman–Crippen LogP) is 3.28. The first-order valence-electron chi connectivity index (χ1n) is 6.73. The second-order valence-electron chi connectivity index (χ2n) is 4.89. The number of hydrogen-bond donors (Lipinski definition) is 2. The zero-order valence-corrected chi connectivity index (χ0v) is 12.2. The van der Waals surface area contributed by atoms with Crippen molar-refractivity contribution < 1.29 is 4.79 Å². The van der Waals surface area contributed by atoms with Crippen molar-refractivity contribution in [2.75, 3.05) is 12.4 Å². The van der Waals surface area contributed by atoms with Gasteiger partial charge in [0.05, 0.1) is 0 Å². The topological polar surface area (TPSA) is 41.1 Å². The lowest BCUT2D eigenvalue weighted by Gasteiger charge is -2.12. The molecule has 0 aliphatic rings. The maximum atomic E-state index is 11.6. The Labute approximate surface area is 120 Å². The van der Waals surface area contributed by atoms with Gasteiger partial charge < -0.3 is 10.6 Å². The predicted molar refractivity (Wildman–Crippen MR) is 83.1 cm³/mol. The molecule has 0 aliphatic carbocycles. The molecule has 0 bridgehead atoms. The van der Waals surface area contributed by atoms with Crippen LogP contribution in [0.5, 0.6) is 0 Å². The molecule has 0 saturated heterocycles. The van der Waals surface area contributed by atoms with E-state index in [4.69, 9.17) is 0 Å². The van der Waals surface area contributed by atoms with Crippen LogP contribution in [0.2, 0.25) is 0 Å². The number of nitrogens with one attached hydrogen (secondary N) is 2. The Bertz CT molecular complexity index is 620. The van der Waals surface area contributed by atoms with Crippen LogP contribution in [0, 0.1) is 13.8 Å². The highest BCUT2D eigenvalue weighted by molar-refractivity contribution is 5.94. The molecule has 0 aliphatic heterocycles. The van der Waals surface area contributed by atoms with E-state index < -0.39 is 0 Å². The van der Waals surface area contributed by atoms with Crippen molar-refractivity contribution in [1.82, 2.24) is 5.32 Å². The van der Waals surface area contributed by atoms with E-state index in [1.54, 1.807) is 7.05 Å². The summed E-state index contributed by atoms with van der Waals surface area (Å²) in [6.45, 7) is 4.90. The summed E-state index contributed by atoms with van der Waals surface area (Å²) in [6, 6.07) is 14.0.